The van der Waals surface area contributed by atoms with Crippen LogP contribution in [0.5, 0.6) is 0 Å². The molecule has 0 aliphatic carbocycles. The van der Waals surface area contributed by atoms with Gasteiger partial charge >= 0.3 is 0 Å². The average Bonchev–Trinajstić information content (AvgIpc) is 3.13. The fraction of sp³-hybridized carbons (Fsp3) is 0.0476. The summed E-state index contributed by atoms with van der Waals surface area (Å²) in [5, 5.41) is 30.3. The molecule has 0 saturated heterocycles. The maximum Gasteiger partial charge on any atom is 0.101 e. The standard InChI is InChI=1S/C42H34N6/c1-28(21-30(24-43)25-44)39(47)16-9-8-14-35-34-13-6-7-15-36(34)42(37-20-19-33(23-38(35)37)32-11-4-3-5-12-32)41-18-10-17-40(48-41)29(2)22-31(26-45)27-46/h3-13,15-24,26,43H,1,14,45,47H2,2H3/b9-8-,29-22+,30-21+,31-26+,39-16-,43-24?. The molecule has 0 bridgehead atoms. The molecule has 1 aromatic heterocycles. The predicted octanol–water partition coefficient (Wildman–Crippen LogP) is 9.09. The highest BCUT2D eigenvalue weighted by Crippen LogP contribution is 2.41. The molecule has 0 spiro atoms. The van der Waals surface area contributed by atoms with E-state index in [0.29, 0.717) is 23.3 Å². The molecule has 0 amide bonds. The third kappa shape index (κ3) is 7.05. The van der Waals surface area contributed by atoms with Crippen LogP contribution in [0.4, 0.5) is 0 Å². The maximum absolute atomic E-state index is 9.40. The van der Waals surface area contributed by atoms with Crippen molar-refractivity contribution < 1.29 is 0 Å². The maximum atomic E-state index is 9.40. The zero-order chi connectivity index (χ0) is 34.0. The van der Waals surface area contributed by atoms with Gasteiger partial charge in [-0.15, -0.1) is 0 Å². The zero-order valence-electron chi connectivity index (χ0n) is 26.6. The summed E-state index contributed by atoms with van der Waals surface area (Å²) < 4.78 is 0. The Morgan fingerprint density at radius 2 is 1.54 bits per heavy atom. The van der Waals surface area contributed by atoms with Crippen molar-refractivity contribution in [3.63, 3.8) is 0 Å². The molecule has 0 saturated carbocycles. The number of rotatable bonds is 10. The second-order valence-corrected chi connectivity index (χ2v) is 11.1. The summed E-state index contributed by atoms with van der Waals surface area (Å²) in [6, 6.07) is 35.3. The number of pyridine rings is 1. The average molecular weight is 623 g/mol. The highest BCUT2D eigenvalue weighted by Gasteiger charge is 2.17. The van der Waals surface area contributed by atoms with Crippen LogP contribution in [0.25, 0.3) is 49.5 Å². The number of allylic oxidation sites excluding steroid dienone is 8. The third-order valence-corrected chi connectivity index (χ3v) is 8.05. The summed E-state index contributed by atoms with van der Waals surface area (Å²) >= 11 is 0. The van der Waals surface area contributed by atoms with Gasteiger partial charge in [0.2, 0.25) is 0 Å². The Bertz CT molecular complexity index is 2290. The minimum Gasteiger partial charge on any atom is -0.404 e. The second-order valence-electron chi connectivity index (χ2n) is 11.1. The van der Waals surface area contributed by atoms with E-state index in [0.717, 1.165) is 61.4 Å². The normalized spacial score (nSPS) is 12.6. The first-order valence-electron chi connectivity index (χ1n) is 15.3. The van der Waals surface area contributed by atoms with Gasteiger partial charge in [0.15, 0.2) is 0 Å². The molecule has 48 heavy (non-hydrogen) atoms. The van der Waals surface area contributed by atoms with Crippen LogP contribution in [0, 0.1) is 28.1 Å². The highest BCUT2D eigenvalue weighted by atomic mass is 14.7. The third-order valence-electron chi connectivity index (χ3n) is 8.05. The van der Waals surface area contributed by atoms with Crippen LogP contribution in [-0.4, -0.2) is 11.2 Å². The Morgan fingerprint density at radius 3 is 2.25 bits per heavy atom. The van der Waals surface area contributed by atoms with Gasteiger partial charge in [0.25, 0.3) is 0 Å². The SMILES string of the molecule is C=C(/C=C(/C#N)C=N)/C(N)=C/C=C\Cc1c2ccccc2c(-c2cccc(/C(C)=C/C(C#N)=C\N)n2)c2ccc(-c3ccccc3)cc12. The van der Waals surface area contributed by atoms with Crippen LogP contribution in [0.1, 0.15) is 18.2 Å². The van der Waals surface area contributed by atoms with Gasteiger partial charge in [-0.3, -0.25) is 0 Å². The van der Waals surface area contributed by atoms with Crippen LogP contribution in [0.2, 0.25) is 0 Å². The summed E-state index contributed by atoms with van der Waals surface area (Å²) in [5.41, 5.74) is 20.2. The van der Waals surface area contributed by atoms with E-state index in [1.54, 1.807) is 12.2 Å². The molecule has 4 aromatic carbocycles. The van der Waals surface area contributed by atoms with Crippen molar-refractivity contribution in [2.45, 2.75) is 13.3 Å². The van der Waals surface area contributed by atoms with Gasteiger partial charge in [0, 0.05) is 23.7 Å². The van der Waals surface area contributed by atoms with Crippen molar-refractivity contribution in [2.75, 3.05) is 0 Å². The first-order chi connectivity index (χ1) is 23.4. The van der Waals surface area contributed by atoms with Crippen molar-refractivity contribution in [3.8, 4) is 34.5 Å². The Balaban J connectivity index is 1.69. The summed E-state index contributed by atoms with van der Waals surface area (Å²) in [6.45, 7) is 5.86. The molecule has 5 aromatic rings. The number of benzene rings is 4. The predicted molar refractivity (Wildman–Crippen MR) is 198 cm³/mol. The molecule has 1 heterocycles. The summed E-state index contributed by atoms with van der Waals surface area (Å²) in [5.74, 6) is 0. The van der Waals surface area contributed by atoms with Gasteiger partial charge in [0.05, 0.1) is 22.5 Å². The minimum absolute atomic E-state index is 0.179. The van der Waals surface area contributed by atoms with E-state index < -0.39 is 0 Å². The van der Waals surface area contributed by atoms with Gasteiger partial charge in [-0.2, -0.15) is 10.5 Å². The lowest BCUT2D eigenvalue weighted by Crippen LogP contribution is -1.99. The Labute approximate surface area is 280 Å². The van der Waals surface area contributed by atoms with Crippen molar-refractivity contribution in [1.82, 2.24) is 4.98 Å². The quantitative estimate of drug-likeness (QED) is 0.0617. The van der Waals surface area contributed by atoms with Crippen molar-refractivity contribution >= 4 is 33.3 Å². The molecule has 6 nitrogen and oxygen atoms in total. The van der Waals surface area contributed by atoms with E-state index in [4.69, 9.17) is 27.1 Å². The topological polar surface area (TPSA) is 136 Å². The van der Waals surface area contributed by atoms with E-state index >= 15 is 0 Å². The van der Waals surface area contributed by atoms with E-state index in [2.05, 4.69) is 67.3 Å². The summed E-state index contributed by atoms with van der Waals surface area (Å²) in [6.07, 6.45) is 11.9. The van der Waals surface area contributed by atoms with E-state index in [-0.39, 0.29) is 5.57 Å². The van der Waals surface area contributed by atoms with Gasteiger partial charge in [-0.25, -0.2) is 4.98 Å². The molecular weight excluding hydrogens is 589 g/mol. The molecule has 0 aliphatic heterocycles. The van der Waals surface area contributed by atoms with Crippen molar-refractivity contribution in [2.24, 2.45) is 11.5 Å². The van der Waals surface area contributed by atoms with E-state index in [1.807, 2.05) is 61.5 Å². The van der Waals surface area contributed by atoms with Crippen LogP contribution in [-0.2, 0) is 6.42 Å². The Hall–Kier alpha value is -6.76. The first kappa shape index (κ1) is 32.6. The number of nitrogens with one attached hydrogen (secondary N) is 1. The van der Waals surface area contributed by atoms with Crippen molar-refractivity contribution in [1.29, 1.82) is 15.9 Å². The number of fused-ring (bicyclic) bond motifs is 2. The molecule has 232 valence electrons. The first-order valence-corrected chi connectivity index (χ1v) is 15.3. The lowest BCUT2D eigenvalue weighted by Gasteiger charge is -2.18. The molecule has 0 radical (unpaired) electrons. The number of nitrogens with zero attached hydrogens (tertiary/aromatic N) is 3. The monoisotopic (exact) mass is 622 g/mol. The van der Waals surface area contributed by atoms with E-state index in [9.17, 15) is 5.26 Å². The Kier molecular flexibility index (Phi) is 10.2. The lowest BCUT2D eigenvalue weighted by molar-refractivity contribution is 1.27. The lowest BCUT2D eigenvalue weighted by atomic mass is 9.87. The fourth-order valence-corrected chi connectivity index (χ4v) is 5.63. The summed E-state index contributed by atoms with van der Waals surface area (Å²) in [7, 11) is 0. The molecule has 5 rings (SSSR count). The summed E-state index contributed by atoms with van der Waals surface area (Å²) in [4.78, 5) is 5.09. The number of hydrogen-bond acceptors (Lipinski definition) is 6. The largest absolute Gasteiger partial charge is 0.404 e. The molecule has 0 unspecified atom stereocenters. The molecule has 0 atom stereocenters. The van der Waals surface area contributed by atoms with Gasteiger partial charge in [-0.05, 0) is 99.2 Å². The van der Waals surface area contributed by atoms with Crippen LogP contribution < -0.4 is 11.5 Å². The number of aromatic nitrogens is 1. The van der Waals surface area contributed by atoms with Crippen molar-refractivity contribution in [3.05, 3.63) is 168 Å². The van der Waals surface area contributed by atoms with Gasteiger partial charge in [-0.1, -0.05) is 91.5 Å². The number of hydrogen-bond donors (Lipinski definition) is 3. The molecule has 5 N–H and O–H groups in total. The molecule has 6 heteroatoms. The number of nitrogens with two attached hydrogens (primary N) is 2. The molecular formula is C42H34N6. The van der Waals surface area contributed by atoms with Gasteiger partial charge in [0.1, 0.15) is 12.1 Å². The zero-order valence-corrected chi connectivity index (χ0v) is 26.6. The second kappa shape index (κ2) is 15.0. The van der Waals surface area contributed by atoms with Crippen LogP contribution in [0.15, 0.2) is 157 Å². The van der Waals surface area contributed by atoms with Crippen LogP contribution >= 0.6 is 0 Å². The van der Waals surface area contributed by atoms with E-state index in [1.165, 1.54) is 17.8 Å². The molecule has 0 aliphatic rings. The van der Waals surface area contributed by atoms with Crippen LogP contribution in [0.3, 0.4) is 0 Å². The highest BCUT2D eigenvalue weighted by molar-refractivity contribution is 6.15. The fourth-order valence-electron chi connectivity index (χ4n) is 5.63. The minimum atomic E-state index is 0.179. The Morgan fingerprint density at radius 1 is 0.833 bits per heavy atom. The molecule has 0 fully saturated rings. The smallest absolute Gasteiger partial charge is 0.101 e. The van der Waals surface area contributed by atoms with Gasteiger partial charge < -0.3 is 16.9 Å². The number of nitriles is 2.